The standard InChI is InChI=1S/C20H27N3O5/c1-3-28-19(25)17-16(11-23-9-8-13(10-23)12-24)21-20(26)22-18(17)14-4-6-15(27-2)7-5-14/h4-7,13,18,24H,3,8-12H2,1-2H3,(H2,21,22,26)/t13-,18+/m1/s1. The summed E-state index contributed by atoms with van der Waals surface area (Å²) >= 11 is 0. The lowest BCUT2D eigenvalue weighted by molar-refractivity contribution is -0.139. The average molecular weight is 389 g/mol. The van der Waals surface area contributed by atoms with Gasteiger partial charge in [0.05, 0.1) is 25.3 Å². The Morgan fingerprint density at radius 1 is 1.32 bits per heavy atom. The summed E-state index contributed by atoms with van der Waals surface area (Å²) in [5, 5.41) is 15.0. The Morgan fingerprint density at radius 2 is 2.07 bits per heavy atom. The van der Waals surface area contributed by atoms with Crippen LogP contribution in [-0.4, -0.2) is 62.0 Å². The first-order valence-electron chi connectivity index (χ1n) is 9.50. The molecule has 2 atom stereocenters. The summed E-state index contributed by atoms with van der Waals surface area (Å²) in [4.78, 5) is 27.2. The van der Waals surface area contributed by atoms with Crippen LogP contribution in [0.25, 0.3) is 0 Å². The Bertz CT molecular complexity index is 747. The summed E-state index contributed by atoms with van der Waals surface area (Å²) in [6.45, 7) is 4.10. The predicted molar refractivity (Wildman–Crippen MR) is 103 cm³/mol. The molecule has 3 rings (SSSR count). The van der Waals surface area contributed by atoms with Crippen molar-refractivity contribution >= 4 is 12.0 Å². The zero-order valence-electron chi connectivity index (χ0n) is 16.2. The molecular formula is C20H27N3O5. The van der Waals surface area contributed by atoms with Gasteiger partial charge in [-0.15, -0.1) is 0 Å². The van der Waals surface area contributed by atoms with Crippen LogP contribution in [0.2, 0.25) is 0 Å². The lowest BCUT2D eigenvalue weighted by Gasteiger charge is -2.31. The van der Waals surface area contributed by atoms with E-state index in [0.29, 0.717) is 23.6 Å². The number of aliphatic hydroxyl groups is 1. The van der Waals surface area contributed by atoms with E-state index in [1.807, 2.05) is 12.1 Å². The molecule has 0 unspecified atom stereocenters. The van der Waals surface area contributed by atoms with Gasteiger partial charge < -0.3 is 25.2 Å². The van der Waals surface area contributed by atoms with Crippen molar-refractivity contribution in [3.05, 3.63) is 41.1 Å². The van der Waals surface area contributed by atoms with E-state index >= 15 is 0 Å². The molecular weight excluding hydrogens is 362 g/mol. The third-order valence-corrected chi connectivity index (χ3v) is 5.11. The van der Waals surface area contributed by atoms with Crippen LogP contribution in [0.1, 0.15) is 24.9 Å². The minimum Gasteiger partial charge on any atom is -0.497 e. The fourth-order valence-corrected chi connectivity index (χ4v) is 3.67. The highest BCUT2D eigenvalue weighted by Gasteiger charge is 2.35. The van der Waals surface area contributed by atoms with Crippen LogP contribution in [-0.2, 0) is 9.53 Å². The first-order chi connectivity index (χ1) is 13.5. The number of amides is 2. The number of rotatable bonds is 7. The number of likely N-dealkylation sites (tertiary alicyclic amines) is 1. The molecule has 1 aromatic carbocycles. The molecule has 2 aliphatic rings. The van der Waals surface area contributed by atoms with Gasteiger partial charge in [0.1, 0.15) is 5.75 Å². The van der Waals surface area contributed by atoms with E-state index in [-0.39, 0.29) is 25.2 Å². The van der Waals surface area contributed by atoms with Gasteiger partial charge in [0, 0.05) is 25.4 Å². The molecule has 0 aliphatic carbocycles. The SMILES string of the molecule is CCOC(=O)C1=C(CN2CC[C@@H](CO)C2)NC(=O)N[C@H]1c1ccc(OC)cc1. The molecule has 0 aromatic heterocycles. The molecule has 0 saturated carbocycles. The van der Waals surface area contributed by atoms with Crippen LogP contribution in [0.3, 0.4) is 0 Å². The average Bonchev–Trinajstić information content (AvgIpc) is 3.15. The van der Waals surface area contributed by atoms with Crippen LogP contribution >= 0.6 is 0 Å². The van der Waals surface area contributed by atoms with Crippen molar-refractivity contribution in [2.24, 2.45) is 5.92 Å². The minimum absolute atomic E-state index is 0.142. The van der Waals surface area contributed by atoms with Gasteiger partial charge in [-0.25, -0.2) is 9.59 Å². The van der Waals surface area contributed by atoms with Crippen molar-refractivity contribution in [1.82, 2.24) is 15.5 Å². The number of benzene rings is 1. The Kier molecular flexibility index (Phi) is 6.53. The highest BCUT2D eigenvalue weighted by atomic mass is 16.5. The number of hydrogen-bond acceptors (Lipinski definition) is 6. The summed E-state index contributed by atoms with van der Waals surface area (Å²) in [5.41, 5.74) is 1.71. The number of nitrogens with one attached hydrogen (secondary N) is 2. The van der Waals surface area contributed by atoms with E-state index in [9.17, 15) is 14.7 Å². The lowest BCUT2D eigenvalue weighted by atomic mass is 9.95. The third-order valence-electron chi connectivity index (χ3n) is 5.11. The summed E-state index contributed by atoms with van der Waals surface area (Å²) in [7, 11) is 1.58. The zero-order chi connectivity index (χ0) is 20.1. The fourth-order valence-electron chi connectivity index (χ4n) is 3.67. The number of aliphatic hydroxyl groups excluding tert-OH is 1. The molecule has 0 spiro atoms. The van der Waals surface area contributed by atoms with Gasteiger partial charge in [0.25, 0.3) is 0 Å². The maximum absolute atomic E-state index is 12.8. The molecule has 2 aliphatic heterocycles. The van der Waals surface area contributed by atoms with Crippen molar-refractivity contribution in [2.45, 2.75) is 19.4 Å². The van der Waals surface area contributed by atoms with Gasteiger partial charge in [-0.05, 0) is 43.5 Å². The predicted octanol–water partition coefficient (Wildman–Crippen LogP) is 1.18. The number of nitrogens with zero attached hydrogens (tertiary/aromatic N) is 1. The first-order valence-corrected chi connectivity index (χ1v) is 9.50. The summed E-state index contributed by atoms with van der Waals surface area (Å²) < 4.78 is 10.5. The molecule has 1 aromatic rings. The molecule has 8 nitrogen and oxygen atoms in total. The molecule has 28 heavy (non-hydrogen) atoms. The van der Waals surface area contributed by atoms with Gasteiger partial charge in [-0.3, -0.25) is 4.90 Å². The molecule has 3 N–H and O–H groups in total. The minimum atomic E-state index is -0.607. The maximum Gasteiger partial charge on any atom is 0.338 e. The summed E-state index contributed by atoms with van der Waals surface area (Å²) in [6, 6.07) is 6.26. The normalized spacial score (nSPS) is 22.6. The zero-order valence-corrected chi connectivity index (χ0v) is 16.2. The second kappa shape index (κ2) is 9.07. The van der Waals surface area contributed by atoms with Crippen LogP contribution in [0.4, 0.5) is 4.79 Å². The van der Waals surface area contributed by atoms with E-state index < -0.39 is 12.0 Å². The van der Waals surface area contributed by atoms with Crippen molar-refractivity contribution in [3.63, 3.8) is 0 Å². The number of urea groups is 1. The highest BCUT2D eigenvalue weighted by molar-refractivity contribution is 5.95. The van der Waals surface area contributed by atoms with Crippen LogP contribution in [0, 0.1) is 5.92 Å². The quantitative estimate of drug-likeness (QED) is 0.606. The van der Waals surface area contributed by atoms with Gasteiger partial charge in [-0.2, -0.15) is 0 Å². The van der Waals surface area contributed by atoms with Crippen molar-refractivity contribution in [3.8, 4) is 5.75 Å². The fraction of sp³-hybridized carbons (Fsp3) is 0.500. The van der Waals surface area contributed by atoms with Gasteiger partial charge >= 0.3 is 12.0 Å². The molecule has 2 amide bonds. The summed E-state index contributed by atoms with van der Waals surface area (Å²) in [5.74, 6) is 0.461. The Morgan fingerprint density at radius 3 is 2.68 bits per heavy atom. The number of methoxy groups -OCH3 is 1. The van der Waals surface area contributed by atoms with E-state index in [1.165, 1.54) is 0 Å². The molecule has 1 saturated heterocycles. The van der Waals surface area contributed by atoms with Crippen LogP contribution in [0.5, 0.6) is 5.75 Å². The molecule has 152 valence electrons. The Balaban J connectivity index is 1.94. The first kappa shape index (κ1) is 20.2. The number of hydrogen-bond donors (Lipinski definition) is 3. The molecule has 8 heteroatoms. The molecule has 0 radical (unpaired) electrons. The summed E-state index contributed by atoms with van der Waals surface area (Å²) in [6.07, 6.45) is 0.895. The smallest absolute Gasteiger partial charge is 0.338 e. The number of esters is 1. The van der Waals surface area contributed by atoms with E-state index in [2.05, 4.69) is 15.5 Å². The van der Waals surface area contributed by atoms with Crippen molar-refractivity contribution in [1.29, 1.82) is 0 Å². The molecule has 1 fully saturated rings. The second-order valence-electron chi connectivity index (χ2n) is 6.99. The highest BCUT2D eigenvalue weighted by Crippen LogP contribution is 2.30. The number of carbonyl (C=O) groups is 2. The number of carbonyl (C=O) groups excluding carboxylic acids is 2. The monoisotopic (exact) mass is 389 g/mol. The van der Waals surface area contributed by atoms with E-state index in [4.69, 9.17) is 9.47 Å². The third kappa shape index (κ3) is 4.45. The maximum atomic E-state index is 12.8. The Labute approximate surface area is 164 Å². The largest absolute Gasteiger partial charge is 0.497 e. The van der Waals surface area contributed by atoms with Crippen LogP contribution < -0.4 is 15.4 Å². The topological polar surface area (TPSA) is 100 Å². The number of ether oxygens (including phenoxy) is 2. The van der Waals surface area contributed by atoms with Crippen LogP contribution in [0.15, 0.2) is 35.5 Å². The van der Waals surface area contributed by atoms with Gasteiger partial charge in [-0.1, -0.05) is 12.1 Å². The van der Waals surface area contributed by atoms with Gasteiger partial charge in [0.15, 0.2) is 0 Å². The lowest BCUT2D eigenvalue weighted by Crippen LogP contribution is -2.48. The van der Waals surface area contributed by atoms with E-state index in [1.54, 1.807) is 26.2 Å². The Hall–Kier alpha value is -2.58. The van der Waals surface area contributed by atoms with E-state index in [0.717, 1.165) is 25.1 Å². The second-order valence-corrected chi connectivity index (χ2v) is 6.99. The van der Waals surface area contributed by atoms with Crippen molar-refractivity contribution < 1.29 is 24.2 Å². The molecule has 2 heterocycles. The van der Waals surface area contributed by atoms with Crippen molar-refractivity contribution in [2.75, 3.05) is 40.0 Å². The molecule has 0 bridgehead atoms. The van der Waals surface area contributed by atoms with Gasteiger partial charge in [0.2, 0.25) is 0 Å².